The molecule has 1 saturated heterocycles. The molecule has 0 aliphatic carbocycles. The standard InChI is InChI=1S/C15H28N2/c1-4-10-17(11-5-2)12-8-14(3)15-7-6-9-16-13-15/h4-5,14-16H,1-2,6-13H2,3H3. The zero-order chi connectivity index (χ0) is 12.5. The van der Waals surface area contributed by atoms with Crippen molar-refractivity contribution in [2.75, 3.05) is 32.7 Å². The Hall–Kier alpha value is -0.600. The fraction of sp³-hybridized carbons (Fsp3) is 0.733. The predicted octanol–water partition coefficient (Wildman–Crippen LogP) is 2.69. The zero-order valence-corrected chi connectivity index (χ0v) is 11.3. The Balaban J connectivity index is 2.25. The van der Waals surface area contributed by atoms with Crippen LogP contribution in [0.5, 0.6) is 0 Å². The molecule has 1 aliphatic heterocycles. The molecule has 2 unspecified atom stereocenters. The van der Waals surface area contributed by atoms with Crippen LogP contribution in [-0.4, -0.2) is 37.6 Å². The quantitative estimate of drug-likeness (QED) is 0.652. The molecule has 0 amide bonds. The topological polar surface area (TPSA) is 15.3 Å². The first-order chi connectivity index (χ1) is 8.27. The van der Waals surface area contributed by atoms with Gasteiger partial charge in [0.2, 0.25) is 0 Å². The van der Waals surface area contributed by atoms with Crippen molar-refractivity contribution in [3.05, 3.63) is 25.3 Å². The lowest BCUT2D eigenvalue weighted by atomic mass is 9.85. The summed E-state index contributed by atoms with van der Waals surface area (Å²) in [7, 11) is 0. The smallest absolute Gasteiger partial charge is 0.0163 e. The third kappa shape index (κ3) is 5.51. The van der Waals surface area contributed by atoms with E-state index in [2.05, 4.69) is 30.3 Å². The third-order valence-corrected chi connectivity index (χ3v) is 3.81. The third-order valence-electron chi connectivity index (χ3n) is 3.81. The second-order valence-electron chi connectivity index (χ2n) is 5.21. The Morgan fingerprint density at radius 2 is 2.06 bits per heavy atom. The number of piperidine rings is 1. The number of nitrogens with zero attached hydrogens (tertiary/aromatic N) is 1. The van der Waals surface area contributed by atoms with Gasteiger partial charge in [0.25, 0.3) is 0 Å². The average molecular weight is 236 g/mol. The van der Waals surface area contributed by atoms with Crippen LogP contribution in [0.1, 0.15) is 26.2 Å². The molecule has 1 heterocycles. The largest absolute Gasteiger partial charge is 0.316 e. The first-order valence-corrected chi connectivity index (χ1v) is 6.92. The van der Waals surface area contributed by atoms with E-state index >= 15 is 0 Å². The van der Waals surface area contributed by atoms with E-state index in [-0.39, 0.29) is 0 Å². The Bertz CT molecular complexity index is 209. The first kappa shape index (κ1) is 14.5. The summed E-state index contributed by atoms with van der Waals surface area (Å²) in [5, 5.41) is 3.51. The molecule has 0 saturated carbocycles. The van der Waals surface area contributed by atoms with Crippen LogP contribution in [0.3, 0.4) is 0 Å². The SMILES string of the molecule is C=CCN(CC=C)CCC(C)C1CCCNC1. The summed E-state index contributed by atoms with van der Waals surface area (Å²) >= 11 is 0. The maximum Gasteiger partial charge on any atom is 0.0163 e. The molecule has 0 aromatic rings. The summed E-state index contributed by atoms with van der Waals surface area (Å²) in [6.45, 7) is 15.6. The lowest BCUT2D eigenvalue weighted by Gasteiger charge is -2.30. The van der Waals surface area contributed by atoms with E-state index in [0.717, 1.165) is 31.5 Å². The summed E-state index contributed by atoms with van der Waals surface area (Å²) < 4.78 is 0. The van der Waals surface area contributed by atoms with Crippen LogP contribution in [0.4, 0.5) is 0 Å². The monoisotopic (exact) mass is 236 g/mol. The summed E-state index contributed by atoms with van der Waals surface area (Å²) in [6, 6.07) is 0. The van der Waals surface area contributed by atoms with Gasteiger partial charge in [0.1, 0.15) is 0 Å². The number of rotatable bonds is 8. The molecule has 2 nitrogen and oxygen atoms in total. The second kappa shape index (κ2) is 8.48. The van der Waals surface area contributed by atoms with Gasteiger partial charge < -0.3 is 5.32 Å². The molecule has 2 heteroatoms. The van der Waals surface area contributed by atoms with E-state index in [0.29, 0.717) is 0 Å². The maximum absolute atomic E-state index is 3.81. The molecule has 17 heavy (non-hydrogen) atoms. The minimum atomic E-state index is 0.819. The minimum Gasteiger partial charge on any atom is -0.316 e. The fourth-order valence-corrected chi connectivity index (χ4v) is 2.61. The van der Waals surface area contributed by atoms with Crippen molar-refractivity contribution in [2.24, 2.45) is 11.8 Å². The van der Waals surface area contributed by atoms with Gasteiger partial charge in [-0.15, -0.1) is 13.2 Å². The van der Waals surface area contributed by atoms with Gasteiger partial charge in [-0.05, 0) is 50.7 Å². The van der Waals surface area contributed by atoms with Crippen molar-refractivity contribution < 1.29 is 0 Å². The van der Waals surface area contributed by atoms with Crippen molar-refractivity contribution in [2.45, 2.75) is 26.2 Å². The molecule has 2 atom stereocenters. The molecule has 0 aromatic carbocycles. The highest BCUT2D eigenvalue weighted by Gasteiger charge is 2.19. The second-order valence-corrected chi connectivity index (χ2v) is 5.21. The molecule has 98 valence electrons. The van der Waals surface area contributed by atoms with Crippen LogP contribution < -0.4 is 5.32 Å². The van der Waals surface area contributed by atoms with Crippen LogP contribution in [-0.2, 0) is 0 Å². The van der Waals surface area contributed by atoms with E-state index in [1.165, 1.54) is 32.4 Å². The van der Waals surface area contributed by atoms with E-state index in [1.54, 1.807) is 0 Å². The van der Waals surface area contributed by atoms with Gasteiger partial charge in [-0.3, -0.25) is 4.90 Å². The van der Waals surface area contributed by atoms with E-state index in [4.69, 9.17) is 0 Å². The molecule has 0 spiro atoms. The van der Waals surface area contributed by atoms with Crippen LogP contribution in [0.2, 0.25) is 0 Å². The van der Waals surface area contributed by atoms with E-state index in [1.807, 2.05) is 12.2 Å². The lowest BCUT2D eigenvalue weighted by Crippen LogP contribution is -2.35. The summed E-state index contributed by atoms with van der Waals surface area (Å²) in [4.78, 5) is 2.41. The minimum absolute atomic E-state index is 0.819. The number of nitrogens with one attached hydrogen (secondary N) is 1. The number of hydrogen-bond acceptors (Lipinski definition) is 2. The summed E-state index contributed by atoms with van der Waals surface area (Å²) in [5.74, 6) is 1.69. The van der Waals surface area contributed by atoms with Crippen LogP contribution in [0.25, 0.3) is 0 Å². The maximum atomic E-state index is 3.81. The van der Waals surface area contributed by atoms with Crippen LogP contribution >= 0.6 is 0 Å². The van der Waals surface area contributed by atoms with E-state index < -0.39 is 0 Å². The molecular formula is C15H28N2. The van der Waals surface area contributed by atoms with Crippen molar-refractivity contribution in [3.8, 4) is 0 Å². The molecule has 1 N–H and O–H groups in total. The lowest BCUT2D eigenvalue weighted by molar-refractivity contribution is 0.232. The Kier molecular flexibility index (Phi) is 7.22. The summed E-state index contributed by atoms with van der Waals surface area (Å²) in [5.41, 5.74) is 0. The molecule has 0 aromatic heterocycles. The highest BCUT2D eigenvalue weighted by molar-refractivity contribution is 4.81. The van der Waals surface area contributed by atoms with Crippen LogP contribution in [0, 0.1) is 11.8 Å². The summed E-state index contributed by atoms with van der Waals surface area (Å²) in [6.07, 6.45) is 8.00. The van der Waals surface area contributed by atoms with Gasteiger partial charge in [0.15, 0.2) is 0 Å². The molecular weight excluding hydrogens is 208 g/mol. The molecule has 0 radical (unpaired) electrons. The Labute approximate surface area is 107 Å². The van der Waals surface area contributed by atoms with Crippen molar-refractivity contribution in [1.29, 1.82) is 0 Å². The van der Waals surface area contributed by atoms with Gasteiger partial charge in [-0.2, -0.15) is 0 Å². The Morgan fingerprint density at radius 3 is 2.59 bits per heavy atom. The first-order valence-electron chi connectivity index (χ1n) is 6.92. The molecule has 0 bridgehead atoms. The zero-order valence-electron chi connectivity index (χ0n) is 11.3. The fourth-order valence-electron chi connectivity index (χ4n) is 2.61. The van der Waals surface area contributed by atoms with Crippen molar-refractivity contribution >= 4 is 0 Å². The normalized spacial score (nSPS) is 22.4. The van der Waals surface area contributed by atoms with Crippen molar-refractivity contribution in [1.82, 2.24) is 10.2 Å². The average Bonchev–Trinajstić information content (AvgIpc) is 2.37. The van der Waals surface area contributed by atoms with Gasteiger partial charge in [0, 0.05) is 13.1 Å². The van der Waals surface area contributed by atoms with Crippen LogP contribution in [0.15, 0.2) is 25.3 Å². The highest BCUT2D eigenvalue weighted by Crippen LogP contribution is 2.22. The highest BCUT2D eigenvalue weighted by atomic mass is 15.1. The molecule has 1 fully saturated rings. The van der Waals surface area contributed by atoms with Gasteiger partial charge in [-0.25, -0.2) is 0 Å². The van der Waals surface area contributed by atoms with Gasteiger partial charge >= 0.3 is 0 Å². The van der Waals surface area contributed by atoms with Gasteiger partial charge in [-0.1, -0.05) is 19.1 Å². The van der Waals surface area contributed by atoms with Gasteiger partial charge in [0.05, 0.1) is 0 Å². The van der Waals surface area contributed by atoms with E-state index in [9.17, 15) is 0 Å². The molecule has 1 aliphatic rings. The van der Waals surface area contributed by atoms with Crippen molar-refractivity contribution in [3.63, 3.8) is 0 Å². The predicted molar refractivity (Wildman–Crippen MR) is 76.2 cm³/mol. The Morgan fingerprint density at radius 1 is 1.35 bits per heavy atom. The molecule has 1 rings (SSSR count). The number of hydrogen-bond donors (Lipinski definition) is 1.